The molecule has 15 heavy (non-hydrogen) atoms. The van der Waals surface area contributed by atoms with Crippen LogP contribution in [0.25, 0.3) is 0 Å². The molecule has 90 valence electrons. The van der Waals surface area contributed by atoms with Crippen molar-refractivity contribution < 1.29 is 0 Å². The van der Waals surface area contributed by atoms with E-state index in [1.165, 1.54) is 51.7 Å². The molecule has 2 nitrogen and oxygen atoms in total. The Balaban J connectivity index is 2.15. The second-order valence-electron chi connectivity index (χ2n) is 4.84. The molecule has 0 aromatic rings. The minimum Gasteiger partial charge on any atom is -0.308 e. The van der Waals surface area contributed by atoms with Crippen molar-refractivity contribution in [3.63, 3.8) is 0 Å². The van der Waals surface area contributed by atoms with E-state index in [-0.39, 0.29) is 0 Å². The molecule has 1 saturated heterocycles. The van der Waals surface area contributed by atoms with Gasteiger partial charge in [-0.15, -0.1) is 0 Å². The fraction of sp³-hybridized carbons (Fsp3) is 1.00. The van der Waals surface area contributed by atoms with Gasteiger partial charge in [0, 0.05) is 17.9 Å². The normalized spacial score (nSPS) is 22.8. The van der Waals surface area contributed by atoms with Crippen LogP contribution in [-0.2, 0) is 0 Å². The monoisotopic (exact) mass is 276 g/mol. The highest BCUT2D eigenvalue weighted by Crippen LogP contribution is 2.18. The van der Waals surface area contributed by atoms with Gasteiger partial charge in [-0.3, -0.25) is 4.90 Å². The number of nitrogens with zero attached hydrogens (tertiary/aromatic N) is 2. The molecule has 1 heterocycles. The van der Waals surface area contributed by atoms with Gasteiger partial charge in [-0.25, -0.2) is 0 Å². The number of hydrogen-bond donors (Lipinski definition) is 0. The molecule has 0 aromatic carbocycles. The van der Waals surface area contributed by atoms with Crippen molar-refractivity contribution in [2.45, 2.75) is 38.1 Å². The number of alkyl halides is 1. The van der Waals surface area contributed by atoms with E-state index in [0.29, 0.717) is 0 Å². The topological polar surface area (TPSA) is 6.48 Å². The quantitative estimate of drug-likeness (QED) is 0.521. The van der Waals surface area contributed by atoms with Crippen molar-refractivity contribution in [3.8, 4) is 0 Å². The number of likely N-dealkylation sites (N-methyl/N-ethyl adjacent to an activating group) is 1. The number of unbranched alkanes of at least 4 members (excludes halogenated alkanes) is 2. The molecule has 0 spiro atoms. The molecule has 0 amide bonds. The standard InChI is InChI=1S/C12H25BrN2/c1-14(2)11-12-7-6-10-15(12)9-5-3-4-8-13/h12H,3-11H2,1-2H3. The van der Waals surface area contributed by atoms with Gasteiger partial charge in [0.25, 0.3) is 0 Å². The van der Waals surface area contributed by atoms with Gasteiger partial charge >= 0.3 is 0 Å². The van der Waals surface area contributed by atoms with Crippen LogP contribution in [-0.4, -0.2) is 54.9 Å². The fourth-order valence-electron chi connectivity index (χ4n) is 2.40. The summed E-state index contributed by atoms with van der Waals surface area (Å²) in [6, 6.07) is 0.823. The molecule has 0 saturated carbocycles. The maximum Gasteiger partial charge on any atom is 0.0223 e. The van der Waals surface area contributed by atoms with E-state index in [1.54, 1.807) is 0 Å². The lowest BCUT2D eigenvalue weighted by Crippen LogP contribution is -2.38. The van der Waals surface area contributed by atoms with E-state index in [1.807, 2.05) is 0 Å². The summed E-state index contributed by atoms with van der Waals surface area (Å²) in [5.41, 5.74) is 0. The van der Waals surface area contributed by atoms with Gasteiger partial charge in [0.05, 0.1) is 0 Å². The van der Waals surface area contributed by atoms with Gasteiger partial charge in [0.15, 0.2) is 0 Å². The summed E-state index contributed by atoms with van der Waals surface area (Å²) in [6.07, 6.45) is 6.87. The van der Waals surface area contributed by atoms with E-state index in [2.05, 4.69) is 39.8 Å². The lowest BCUT2D eigenvalue weighted by molar-refractivity contribution is 0.205. The minimum absolute atomic E-state index is 0.823. The SMILES string of the molecule is CN(C)CC1CCCN1CCCCCBr. The van der Waals surface area contributed by atoms with Crippen LogP contribution in [0, 0.1) is 0 Å². The molecule has 0 radical (unpaired) electrons. The molecule has 1 fully saturated rings. The predicted octanol–water partition coefficient (Wildman–Crippen LogP) is 2.58. The predicted molar refractivity (Wildman–Crippen MR) is 70.8 cm³/mol. The Morgan fingerprint density at radius 2 is 2.07 bits per heavy atom. The van der Waals surface area contributed by atoms with E-state index in [0.717, 1.165) is 11.4 Å². The molecule has 0 aromatic heterocycles. The highest BCUT2D eigenvalue weighted by atomic mass is 79.9. The summed E-state index contributed by atoms with van der Waals surface area (Å²) < 4.78 is 0. The average molecular weight is 277 g/mol. The zero-order valence-electron chi connectivity index (χ0n) is 10.2. The van der Waals surface area contributed by atoms with Crippen LogP contribution in [0.5, 0.6) is 0 Å². The molecular formula is C12H25BrN2. The third-order valence-corrected chi connectivity index (χ3v) is 3.71. The molecule has 0 bridgehead atoms. The van der Waals surface area contributed by atoms with E-state index >= 15 is 0 Å². The Kier molecular flexibility index (Phi) is 6.86. The first-order valence-corrected chi connectivity index (χ1v) is 7.31. The molecule has 1 aliphatic rings. The molecule has 3 heteroatoms. The van der Waals surface area contributed by atoms with Crippen LogP contribution in [0.1, 0.15) is 32.1 Å². The van der Waals surface area contributed by atoms with Crippen LogP contribution in [0.15, 0.2) is 0 Å². The minimum atomic E-state index is 0.823. The molecule has 0 N–H and O–H groups in total. The number of rotatable bonds is 7. The summed E-state index contributed by atoms with van der Waals surface area (Å²) >= 11 is 3.49. The highest BCUT2D eigenvalue weighted by Gasteiger charge is 2.23. The Morgan fingerprint density at radius 1 is 1.27 bits per heavy atom. The largest absolute Gasteiger partial charge is 0.308 e. The first kappa shape index (κ1) is 13.5. The summed E-state index contributed by atoms with van der Waals surface area (Å²) in [4.78, 5) is 5.01. The zero-order chi connectivity index (χ0) is 11.1. The Hall–Kier alpha value is 0.400. The molecule has 1 rings (SSSR count). The lowest BCUT2D eigenvalue weighted by atomic mass is 10.2. The second kappa shape index (κ2) is 7.64. The average Bonchev–Trinajstić information content (AvgIpc) is 2.59. The molecular weight excluding hydrogens is 252 g/mol. The highest BCUT2D eigenvalue weighted by molar-refractivity contribution is 9.09. The zero-order valence-corrected chi connectivity index (χ0v) is 11.8. The summed E-state index contributed by atoms with van der Waals surface area (Å²) in [7, 11) is 4.36. The van der Waals surface area contributed by atoms with Crippen LogP contribution >= 0.6 is 15.9 Å². The van der Waals surface area contributed by atoms with Gasteiger partial charge in [0.1, 0.15) is 0 Å². The number of hydrogen-bond acceptors (Lipinski definition) is 2. The third kappa shape index (κ3) is 5.32. The number of halogens is 1. The van der Waals surface area contributed by atoms with Crippen molar-refractivity contribution >= 4 is 15.9 Å². The van der Waals surface area contributed by atoms with E-state index < -0.39 is 0 Å². The van der Waals surface area contributed by atoms with Crippen LogP contribution < -0.4 is 0 Å². The third-order valence-electron chi connectivity index (χ3n) is 3.15. The second-order valence-corrected chi connectivity index (χ2v) is 5.64. The van der Waals surface area contributed by atoms with Gasteiger partial charge in [-0.2, -0.15) is 0 Å². The summed E-state index contributed by atoms with van der Waals surface area (Å²) in [6.45, 7) is 3.87. The molecule has 0 aliphatic carbocycles. The lowest BCUT2D eigenvalue weighted by Gasteiger charge is -2.26. The Morgan fingerprint density at radius 3 is 2.73 bits per heavy atom. The van der Waals surface area contributed by atoms with Crippen LogP contribution in [0.2, 0.25) is 0 Å². The maximum atomic E-state index is 3.49. The number of likely N-dealkylation sites (tertiary alicyclic amines) is 1. The smallest absolute Gasteiger partial charge is 0.0223 e. The van der Waals surface area contributed by atoms with Gasteiger partial charge in [-0.05, 0) is 52.9 Å². The van der Waals surface area contributed by atoms with Gasteiger partial charge < -0.3 is 4.90 Å². The summed E-state index contributed by atoms with van der Waals surface area (Å²) in [5, 5.41) is 1.16. The first-order valence-electron chi connectivity index (χ1n) is 6.19. The van der Waals surface area contributed by atoms with E-state index in [9.17, 15) is 0 Å². The maximum absolute atomic E-state index is 3.49. The Bertz CT molecular complexity index is 162. The summed E-state index contributed by atoms with van der Waals surface area (Å²) in [5.74, 6) is 0. The van der Waals surface area contributed by atoms with Crippen molar-refractivity contribution in [2.75, 3.05) is 39.1 Å². The molecule has 1 aliphatic heterocycles. The first-order chi connectivity index (χ1) is 7.24. The van der Waals surface area contributed by atoms with E-state index in [4.69, 9.17) is 0 Å². The van der Waals surface area contributed by atoms with Crippen LogP contribution in [0.4, 0.5) is 0 Å². The van der Waals surface area contributed by atoms with Crippen molar-refractivity contribution in [1.82, 2.24) is 9.80 Å². The van der Waals surface area contributed by atoms with Crippen molar-refractivity contribution in [2.24, 2.45) is 0 Å². The molecule has 1 unspecified atom stereocenters. The van der Waals surface area contributed by atoms with Gasteiger partial charge in [-0.1, -0.05) is 22.4 Å². The van der Waals surface area contributed by atoms with Crippen LogP contribution in [0.3, 0.4) is 0 Å². The van der Waals surface area contributed by atoms with Crippen molar-refractivity contribution in [3.05, 3.63) is 0 Å². The molecule has 1 atom stereocenters. The fourth-order valence-corrected chi connectivity index (χ4v) is 2.80. The Labute approximate surface area is 103 Å². The van der Waals surface area contributed by atoms with Crippen molar-refractivity contribution in [1.29, 1.82) is 0 Å². The van der Waals surface area contributed by atoms with Gasteiger partial charge in [0.2, 0.25) is 0 Å².